The summed E-state index contributed by atoms with van der Waals surface area (Å²) in [5, 5.41) is 3.00. The van der Waals surface area contributed by atoms with Gasteiger partial charge in [0.05, 0.1) is 13.2 Å². The van der Waals surface area contributed by atoms with E-state index in [4.69, 9.17) is 4.74 Å². The van der Waals surface area contributed by atoms with E-state index in [-0.39, 0.29) is 0 Å². The van der Waals surface area contributed by atoms with Gasteiger partial charge >= 0.3 is 0 Å². The van der Waals surface area contributed by atoms with E-state index in [2.05, 4.69) is 17.2 Å². The van der Waals surface area contributed by atoms with Crippen molar-refractivity contribution in [1.29, 1.82) is 0 Å². The van der Waals surface area contributed by atoms with Gasteiger partial charge in [-0.25, -0.2) is 0 Å². The molecule has 0 aromatic carbocycles. The van der Waals surface area contributed by atoms with Crippen molar-refractivity contribution in [2.45, 2.75) is 13.3 Å². The van der Waals surface area contributed by atoms with Crippen LogP contribution in [0.5, 0.6) is 0 Å². The SMILES string of the molecule is CC#CCCOCCNC. The molecule has 58 valence electrons. The first-order valence-electron chi connectivity index (χ1n) is 3.53. The van der Waals surface area contributed by atoms with Crippen LogP contribution in [0.3, 0.4) is 0 Å². The second-order valence-electron chi connectivity index (χ2n) is 1.89. The van der Waals surface area contributed by atoms with Crippen LogP contribution in [-0.2, 0) is 4.74 Å². The van der Waals surface area contributed by atoms with Crippen LogP contribution in [0, 0.1) is 11.8 Å². The molecule has 0 fully saturated rings. The summed E-state index contributed by atoms with van der Waals surface area (Å²) in [4.78, 5) is 0. The van der Waals surface area contributed by atoms with Crippen LogP contribution >= 0.6 is 0 Å². The largest absolute Gasteiger partial charge is 0.379 e. The van der Waals surface area contributed by atoms with Crippen molar-refractivity contribution in [2.24, 2.45) is 0 Å². The van der Waals surface area contributed by atoms with Crippen LogP contribution in [0.2, 0.25) is 0 Å². The Hall–Kier alpha value is -0.520. The van der Waals surface area contributed by atoms with Gasteiger partial charge in [-0.15, -0.1) is 11.8 Å². The minimum atomic E-state index is 0.752. The highest BCUT2D eigenvalue weighted by molar-refractivity contribution is 4.94. The molecule has 0 aliphatic heterocycles. The third kappa shape index (κ3) is 7.48. The molecule has 0 aromatic rings. The van der Waals surface area contributed by atoms with Gasteiger partial charge < -0.3 is 10.1 Å². The lowest BCUT2D eigenvalue weighted by atomic mass is 10.4. The minimum Gasteiger partial charge on any atom is -0.379 e. The number of likely N-dealkylation sites (N-methyl/N-ethyl adjacent to an activating group) is 1. The third-order valence-electron chi connectivity index (χ3n) is 1.04. The predicted octanol–water partition coefficient (Wildman–Crippen LogP) is 0.636. The number of ether oxygens (including phenoxy) is 1. The zero-order valence-corrected chi connectivity index (χ0v) is 6.74. The number of hydrogen-bond acceptors (Lipinski definition) is 2. The molecule has 0 saturated heterocycles. The Morgan fingerprint density at radius 2 is 2.20 bits per heavy atom. The molecule has 0 aliphatic rings. The first-order valence-corrected chi connectivity index (χ1v) is 3.53. The summed E-state index contributed by atoms with van der Waals surface area (Å²) >= 11 is 0. The molecule has 10 heavy (non-hydrogen) atoms. The van der Waals surface area contributed by atoms with Crippen LogP contribution in [0.1, 0.15) is 13.3 Å². The summed E-state index contributed by atoms with van der Waals surface area (Å²) in [6.07, 6.45) is 0.847. The van der Waals surface area contributed by atoms with Crippen LogP contribution < -0.4 is 5.32 Å². The Balaban J connectivity index is 2.82. The highest BCUT2D eigenvalue weighted by atomic mass is 16.5. The van der Waals surface area contributed by atoms with Crippen LogP contribution in [0.25, 0.3) is 0 Å². The first kappa shape index (κ1) is 9.48. The summed E-state index contributed by atoms with van der Waals surface area (Å²) in [5.41, 5.74) is 0. The molecular weight excluding hydrogens is 126 g/mol. The van der Waals surface area contributed by atoms with Crippen LogP contribution in [0.4, 0.5) is 0 Å². The van der Waals surface area contributed by atoms with Crippen LogP contribution in [-0.4, -0.2) is 26.8 Å². The van der Waals surface area contributed by atoms with Crippen molar-refractivity contribution in [3.8, 4) is 11.8 Å². The molecule has 0 bridgehead atoms. The molecule has 0 atom stereocenters. The standard InChI is InChI=1S/C8H15NO/c1-3-4-5-7-10-8-6-9-2/h9H,5-8H2,1-2H3. The fourth-order valence-electron chi connectivity index (χ4n) is 0.524. The van der Waals surface area contributed by atoms with Crippen molar-refractivity contribution in [3.05, 3.63) is 0 Å². The van der Waals surface area contributed by atoms with Crippen LogP contribution in [0.15, 0.2) is 0 Å². The van der Waals surface area contributed by atoms with Gasteiger partial charge in [-0.05, 0) is 14.0 Å². The van der Waals surface area contributed by atoms with E-state index in [0.29, 0.717) is 0 Å². The molecule has 0 amide bonds. The number of rotatable bonds is 5. The molecular formula is C8H15NO. The van der Waals surface area contributed by atoms with Crippen molar-refractivity contribution in [1.82, 2.24) is 5.32 Å². The maximum absolute atomic E-state index is 5.21. The summed E-state index contributed by atoms with van der Waals surface area (Å²) in [5.74, 6) is 5.74. The van der Waals surface area contributed by atoms with Crippen molar-refractivity contribution in [2.75, 3.05) is 26.8 Å². The smallest absolute Gasteiger partial charge is 0.0591 e. The average molecular weight is 141 g/mol. The average Bonchev–Trinajstić information content (AvgIpc) is 1.97. The zero-order chi connectivity index (χ0) is 7.66. The zero-order valence-electron chi connectivity index (χ0n) is 6.74. The fourth-order valence-corrected chi connectivity index (χ4v) is 0.524. The Morgan fingerprint density at radius 3 is 2.80 bits per heavy atom. The normalized spacial score (nSPS) is 8.60. The minimum absolute atomic E-state index is 0.752. The van der Waals surface area contributed by atoms with Gasteiger partial charge in [-0.3, -0.25) is 0 Å². The Labute approximate surface area is 63.0 Å². The summed E-state index contributed by atoms with van der Waals surface area (Å²) in [7, 11) is 1.91. The second kappa shape index (κ2) is 8.48. The fraction of sp³-hybridized carbons (Fsp3) is 0.750. The second-order valence-corrected chi connectivity index (χ2v) is 1.89. The van der Waals surface area contributed by atoms with E-state index in [1.54, 1.807) is 0 Å². The van der Waals surface area contributed by atoms with E-state index in [0.717, 1.165) is 26.2 Å². The molecule has 0 rings (SSSR count). The predicted molar refractivity (Wildman–Crippen MR) is 42.8 cm³/mol. The van der Waals surface area contributed by atoms with E-state index >= 15 is 0 Å². The Morgan fingerprint density at radius 1 is 1.40 bits per heavy atom. The van der Waals surface area contributed by atoms with Gasteiger partial charge in [0.2, 0.25) is 0 Å². The van der Waals surface area contributed by atoms with E-state index in [1.165, 1.54) is 0 Å². The monoisotopic (exact) mass is 141 g/mol. The Bertz CT molecular complexity index is 112. The van der Waals surface area contributed by atoms with Crippen molar-refractivity contribution >= 4 is 0 Å². The van der Waals surface area contributed by atoms with E-state index < -0.39 is 0 Å². The van der Waals surface area contributed by atoms with Gasteiger partial charge in [0.1, 0.15) is 0 Å². The number of nitrogens with one attached hydrogen (secondary N) is 1. The molecule has 0 unspecified atom stereocenters. The molecule has 0 heterocycles. The lowest BCUT2D eigenvalue weighted by Gasteiger charge is -1.98. The van der Waals surface area contributed by atoms with Gasteiger partial charge in [0.15, 0.2) is 0 Å². The molecule has 2 heteroatoms. The highest BCUT2D eigenvalue weighted by Crippen LogP contribution is 1.78. The van der Waals surface area contributed by atoms with Crippen molar-refractivity contribution in [3.63, 3.8) is 0 Å². The summed E-state index contributed by atoms with van der Waals surface area (Å²) in [6.45, 7) is 4.29. The molecule has 0 aromatic heterocycles. The lowest BCUT2D eigenvalue weighted by Crippen LogP contribution is -2.14. The third-order valence-corrected chi connectivity index (χ3v) is 1.04. The molecule has 0 saturated carbocycles. The summed E-state index contributed by atoms with van der Waals surface area (Å²) < 4.78 is 5.21. The van der Waals surface area contributed by atoms with Gasteiger partial charge in [0, 0.05) is 13.0 Å². The molecule has 0 radical (unpaired) electrons. The van der Waals surface area contributed by atoms with Gasteiger partial charge in [-0.1, -0.05) is 0 Å². The quantitative estimate of drug-likeness (QED) is 0.448. The first-order chi connectivity index (χ1) is 4.91. The molecule has 1 N–H and O–H groups in total. The number of hydrogen-bond donors (Lipinski definition) is 1. The summed E-state index contributed by atoms with van der Waals surface area (Å²) in [6, 6.07) is 0. The lowest BCUT2D eigenvalue weighted by molar-refractivity contribution is 0.143. The topological polar surface area (TPSA) is 21.3 Å². The van der Waals surface area contributed by atoms with E-state index in [9.17, 15) is 0 Å². The molecule has 2 nitrogen and oxygen atoms in total. The molecule has 0 spiro atoms. The Kier molecular flexibility index (Phi) is 8.04. The highest BCUT2D eigenvalue weighted by Gasteiger charge is 1.82. The van der Waals surface area contributed by atoms with E-state index in [1.807, 2.05) is 14.0 Å². The maximum atomic E-state index is 5.21. The van der Waals surface area contributed by atoms with Gasteiger partial charge in [-0.2, -0.15) is 0 Å². The molecule has 0 aliphatic carbocycles. The maximum Gasteiger partial charge on any atom is 0.0591 e. The van der Waals surface area contributed by atoms with Crippen molar-refractivity contribution < 1.29 is 4.74 Å². The van der Waals surface area contributed by atoms with Gasteiger partial charge in [0.25, 0.3) is 0 Å².